The van der Waals surface area contributed by atoms with Crippen LogP contribution in [0.25, 0.3) is 33.6 Å². The monoisotopic (exact) mass is 824 g/mol. The van der Waals surface area contributed by atoms with Crippen LogP contribution >= 0.6 is 0 Å². The molecule has 0 aliphatic carbocycles. The van der Waals surface area contributed by atoms with E-state index in [4.69, 9.17) is 9.47 Å². The molecule has 2 aliphatic rings. The van der Waals surface area contributed by atoms with E-state index in [0.29, 0.717) is 78.5 Å². The first kappa shape index (κ1) is 41.5. The zero-order valence-corrected chi connectivity index (χ0v) is 33.5. The summed E-state index contributed by atoms with van der Waals surface area (Å²) in [7, 11) is 3.97. The highest BCUT2D eigenvalue weighted by atomic mass is 19.1. The number of H-pyrrole nitrogens is 2. The first-order valence-electron chi connectivity index (χ1n) is 19.6. The Morgan fingerprint density at radius 2 is 1.33 bits per heavy atom. The number of hydrogen-bond acceptors (Lipinski definition) is 8. The largest absolute Gasteiger partial charge is 0.465 e. The average molecular weight is 825 g/mol. The number of alkyl carbamates (subject to hydrolysis) is 1. The molecule has 60 heavy (non-hydrogen) atoms. The van der Waals surface area contributed by atoms with Gasteiger partial charge >= 0.3 is 12.2 Å². The van der Waals surface area contributed by atoms with Crippen molar-refractivity contribution in [1.29, 1.82) is 0 Å². The maximum Gasteiger partial charge on any atom is 0.407 e. The number of methoxy groups -OCH3 is 2. The number of carbonyl (C=O) groups is 4. The Labute approximate surface area is 344 Å². The number of hydrogen-bond donors (Lipinski definition) is 4. The van der Waals surface area contributed by atoms with Gasteiger partial charge in [0.2, 0.25) is 5.91 Å². The van der Waals surface area contributed by atoms with Crippen molar-refractivity contribution in [3.05, 3.63) is 108 Å². The lowest BCUT2D eigenvalue weighted by atomic mass is 10.00. The third-order valence-corrected chi connectivity index (χ3v) is 11.4. The summed E-state index contributed by atoms with van der Waals surface area (Å²) in [5.41, 5.74) is 2.72. The molecule has 0 radical (unpaired) electrons. The summed E-state index contributed by atoms with van der Waals surface area (Å²) in [6.07, 6.45) is 2.87. The van der Waals surface area contributed by atoms with Crippen molar-refractivity contribution in [2.24, 2.45) is 0 Å². The fraction of sp³-hybridized carbons (Fsp3) is 0.349. The number of nitrogens with one attached hydrogen (secondary N) is 3. The van der Waals surface area contributed by atoms with Gasteiger partial charge in [0.25, 0.3) is 5.91 Å². The number of imidazole rings is 2. The highest BCUT2D eigenvalue weighted by Gasteiger charge is 2.41. The molecule has 5 atom stereocenters. The maximum absolute atomic E-state index is 15.8. The van der Waals surface area contributed by atoms with Crippen molar-refractivity contribution in [2.75, 3.05) is 34.4 Å². The molecule has 314 valence electrons. The standard InChI is InChI=1S/C43H46F2N8O7/c1-24(59-3)37(51(2)43(57)58)41(55)53-19-9-13-35(53)39-47-23-33(49-39)29-17-15-27(21-31(29)45)26-14-16-28(30(44)20-26)32-22-46-38(48-32)34-12-8-18-52(34)40(54)36(50-42(56)60-4)25-10-6-5-7-11-25/h5-7,10-11,14-17,20-24,34-37H,8-9,12-13,18-19H2,1-4H3,(H,46,48)(H,47,49)(H,50,56)(H,57,58)/t24-,34?,35?,36?,37+/m1/s1. The van der Waals surface area contributed by atoms with E-state index in [9.17, 15) is 24.3 Å². The Hall–Kier alpha value is -6.62. The van der Waals surface area contributed by atoms with Crippen LogP contribution < -0.4 is 5.32 Å². The van der Waals surface area contributed by atoms with E-state index in [0.717, 1.165) is 4.90 Å². The summed E-state index contributed by atoms with van der Waals surface area (Å²) in [6.45, 7) is 2.47. The predicted octanol–water partition coefficient (Wildman–Crippen LogP) is 6.85. The molecular weight excluding hydrogens is 779 g/mol. The van der Waals surface area contributed by atoms with Gasteiger partial charge in [-0.05, 0) is 73.6 Å². The Balaban J connectivity index is 1.06. The van der Waals surface area contributed by atoms with Gasteiger partial charge in [0.15, 0.2) is 0 Å². The Kier molecular flexibility index (Phi) is 12.3. The summed E-state index contributed by atoms with van der Waals surface area (Å²) < 4.78 is 41.7. The number of ether oxygens (including phenoxy) is 2. The number of carbonyl (C=O) groups excluding carboxylic acids is 3. The minimum Gasteiger partial charge on any atom is -0.465 e. The third kappa shape index (κ3) is 8.30. The van der Waals surface area contributed by atoms with Gasteiger partial charge in [-0.1, -0.05) is 42.5 Å². The van der Waals surface area contributed by atoms with Gasteiger partial charge in [-0.25, -0.2) is 28.3 Å². The number of carboxylic acid groups (broad SMARTS) is 1. The van der Waals surface area contributed by atoms with Crippen molar-refractivity contribution >= 4 is 24.0 Å². The zero-order chi connectivity index (χ0) is 42.7. The summed E-state index contributed by atoms with van der Waals surface area (Å²) in [4.78, 5) is 71.1. The van der Waals surface area contributed by atoms with E-state index < -0.39 is 60.0 Å². The highest BCUT2D eigenvalue weighted by molar-refractivity contribution is 5.88. The van der Waals surface area contributed by atoms with E-state index in [1.54, 1.807) is 65.3 Å². The van der Waals surface area contributed by atoms with Crippen LogP contribution in [-0.4, -0.2) is 110 Å². The molecule has 0 spiro atoms. The highest BCUT2D eigenvalue weighted by Crippen LogP contribution is 2.37. The molecule has 2 fully saturated rings. The quantitative estimate of drug-likeness (QED) is 0.104. The van der Waals surface area contributed by atoms with Crippen LogP contribution in [0.1, 0.15) is 67.9 Å². The normalized spacial score (nSPS) is 17.9. The summed E-state index contributed by atoms with van der Waals surface area (Å²) in [5, 5.41) is 12.3. The second kappa shape index (κ2) is 17.7. The Bertz CT molecular complexity index is 2370. The number of aromatic amines is 2. The molecule has 4 heterocycles. The second-order valence-electron chi connectivity index (χ2n) is 14.9. The first-order valence-corrected chi connectivity index (χ1v) is 19.6. The molecule has 4 N–H and O–H groups in total. The lowest BCUT2D eigenvalue weighted by Gasteiger charge is -2.34. The number of aromatic nitrogens is 4. The predicted molar refractivity (Wildman–Crippen MR) is 215 cm³/mol. The lowest BCUT2D eigenvalue weighted by Crippen LogP contribution is -2.54. The second-order valence-corrected chi connectivity index (χ2v) is 14.9. The zero-order valence-electron chi connectivity index (χ0n) is 33.5. The molecule has 15 nitrogen and oxygen atoms in total. The van der Waals surface area contributed by atoms with Crippen molar-refractivity contribution in [2.45, 2.75) is 62.9 Å². The molecule has 7 rings (SSSR count). The smallest absolute Gasteiger partial charge is 0.407 e. The van der Waals surface area contributed by atoms with Crippen molar-refractivity contribution in [3.8, 4) is 33.6 Å². The average Bonchev–Trinajstić information content (AvgIpc) is 4.10. The van der Waals surface area contributed by atoms with Gasteiger partial charge in [0, 0.05) is 38.4 Å². The third-order valence-electron chi connectivity index (χ3n) is 11.4. The van der Waals surface area contributed by atoms with E-state index in [1.807, 2.05) is 6.07 Å². The van der Waals surface area contributed by atoms with Crippen LogP contribution in [0.4, 0.5) is 18.4 Å². The summed E-state index contributed by atoms with van der Waals surface area (Å²) >= 11 is 0. The van der Waals surface area contributed by atoms with Crippen LogP contribution in [-0.2, 0) is 19.1 Å². The molecule has 2 aromatic heterocycles. The number of likely N-dealkylation sites (tertiary alicyclic amines) is 2. The van der Waals surface area contributed by atoms with E-state index >= 15 is 8.78 Å². The van der Waals surface area contributed by atoms with Crippen molar-refractivity contribution < 1.29 is 42.5 Å². The lowest BCUT2D eigenvalue weighted by molar-refractivity contribution is -0.141. The van der Waals surface area contributed by atoms with Crippen LogP contribution in [0.3, 0.4) is 0 Å². The molecular formula is C43H46F2N8O7. The van der Waals surface area contributed by atoms with Gasteiger partial charge in [-0.3, -0.25) is 14.5 Å². The number of halogens is 2. The van der Waals surface area contributed by atoms with Crippen LogP contribution in [0, 0.1) is 11.6 Å². The van der Waals surface area contributed by atoms with Gasteiger partial charge in [0.1, 0.15) is 35.4 Å². The molecule has 2 aliphatic heterocycles. The molecule has 17 heteroatoms. The maximum atomic E-state index is 15.8. The summed E-state index contributed by atoms with van der Waals surface area (Å²) in [6, 6.07) is 15.1. The van der Waals surface area contributed by atoms with E-state index in [1.165, 1.54) is 45.8 Å². The fourth-order valence-corrected chi connectivity index (χ4v) is 8.12. The van der Waals surface area contributed by atoms with Crippen LogP contribution in [0.15, 0.2) is 79.1 Å². The summed E-state index contributed by atoms with van der Waals surface area (Å²) in [5.74, 6) is -0.952. The number of amides is 4. The number of likely N-dealkylation sites (N-methyl/N-ethyl adjacent to an activating group) is 1. The molecule has 4 amide bonds. The van der Waals surface area contributed by atoms with E-state index in [-0.39, 0.29) is 17.0 Å². The minimum absolute atomic E-state index is 0.225. The molecule has 3 aromatic carbocycles. The van der Waals surface area contributed by atoms with Gasteiger partial charge in [0.05, 0.1) is 49.1 Å². The van der Waals surface area contributed by atoms with Crippen molar-refractivity contribution in [1.82, 2.24) is 40.0 Å². The van der Waals surface area contributed by atoms with Crippen LogP contribution in [0.5, 0.6) is 0 Å². The molecule has 2 saturated heterocycles. The Morgan fingerprint density at radius 1 is 0.817 bits per heavy atom. The molecule has 5 aromatic rings. The topological polar surface area (TPSA) is 186 Å². The fourth-order valence-electron chi connectivity index (χ4n) is 8.12. The van der Waals surface area contributed by atoms with Gasteiger partial charge < -0.3 is 39.7 Å². The number of benzene rings is 3. The number of rotatable bonds is 12. The Morgan fingerprint density at radius 3 is 1.80 bits per heavy atom. The van der Waals surface area contributed by atoms with Gasteiger partial charge in [-0.2, -0.15) is 0 Å². The van der Waals surface area contributed by atoms with Crippen molar-refractivity contribution in [3.63, 3.8) is 0 Å². The SMILES string of the molecule is COC(=O)NC(C(=O)N1CCCC1c1ncc(-c2ccc(-c3ccc(-c4cnc(C5CCCN5C(=O)[C@H]([C@@H](C)OC)N(C)C(=O)O)[nH]4)c(F)c3)cc2F)[nH]1)c1ccccc1. The molecule has 3 unspecified atom stereocenters. The molecule has 0 saturated carbocycles. The first-order chi connectivity index (χ1) is 28.9. The minimum atomic E-state index is -1.26. The van der Waals surface area contributed by atoms with Gasteiger partial charge in [-0.15, -0.1) is 0 Å². The van der Waals surface area contributed by atoms with E-state index in [2.05, 4.69) is 25.3 Å². The molecule has 0 bridgehead atoms. The number of nitrogens with zero attached hydrogens (tertiary/aromatic N) is 5. The van der Waals surface area contributed by atoms with Crippen LogP contribution in [0.2, 0.25) is 0 Å².